The third-order valence-electron chi connectivity index (χ3n) is 2.61. The van der Waals surface area contributed by atoms with E-state index in [1.807, 2.05) is 0 Å². The molecule has 1 rings (SSSR count). The highest BCUT2D eigenvalue weighted by molar-refractivity contribution is 5.68. The van der Waals surface area contributed by atoms with Gasteiger partial charge in [0.25, 0.3) is 5.69 Å². The number of nitro groups is 1. The summed E-state index contributed by atoms with van der Waals surface area (Å²) in [5, 5.41) is 15.8. The molecule has 0 saturated heterocycles. The van der Waals surface area contributed by atoms with Crippen molar-refractivity contribution in [3.8, 4) is 0 Å². The van der Waals surface area contributed by atoms with Gasteiger partial charge in [-0.2, -0.15) is 0 Å². The largest absolute Gasteiger partial charge is 0.444 e. The van der Waals surface area contributed by atoms with Crippen LogP contribution in [0.2, 0.25) is 0 Å². The Bertz CT molecular complexity index is 602. The van der Waals surface area contributed by atoms with Crippen molar-refractivity contribution in [2.45, 2.75) is 39.3 Å². The number of nitro benzene ring substituents is 1. The number of anilines is 1. The molecule has 9 heteroatoms. The Morgan fingerprint density at radius 3 is 2.52 bits per heavy atom. The molecule has 0 heterocycles. The predicted octanol–water partition coefficient (Wildman–Crippen LogP) is 3.20. The molecule has 0 saturated carbocycles. The number of nitrogens with one attached hydrogen (secondary N) is 2. The van der Waals surface area contributed by atoms with Crippen molar-refractivity contribution in [1.29, 1.82) is 0 Å². The number of ether oxygens (including phenoxy) is 1. The highest BCUT2D eigenvalue weighted by Gasteiger charge is 2.23. The second kappa shape index (κ2) is 7.21. The molecule has 0 fully saturated rings. The van der Waals surface area contributed by atoms with Crippen molar-refractivity contribution in [3.63, 3.8) is 0 Å². The second-order valence-electron chi connectivity index (χ2n) is 5.94. The van der Waals surface area contributed by atoms with Gasteiger partial charge in [-0.15, -0.1) is 0 Å². The number of carbonyl (C=O) groups excluding carboxylic acids is 1. The first-order valence-corrected chi connectivity index (χ1v) is 6.87. The van der Waals surface area contributed by atoms with E-state index in [9.17, 15) is 23.7 Å². The van der Waals surface area contributed by atoms with Crippen molar-refractivity contribution in [1.82, 2.24) is 5.32 Å². The molecule has 23 heavy (non-hydrogen) atoms. The highest BCUT2D eigenvalue weighted by Crippen LogP contribution is 2.29. The van der Waals surface area contributed by atoms with Gasteiger partial charge in [0.1, 0.15) is 5.60 Å². The van der Waals surface area contributed by atoms with Crippen molar-refractivity contribution in [2.75, 3.05) is 11.9 Å². The minimum Gasteiger partial charge on any atom is -0.444 e. The monoisotopic (exact) mass is 331 g/mol. The van der Waals surface area contributed by atoms with Gasteiger partial charge in [0.2, 0.25) is 0 Å². The Kier molecular flexibility index (Phi) is 5.83. The van der Waals surface area contributed by atoms with Gasteiger partial charge < -0.3 is 15.4 Å². The van der Waals surface area contributed by atoms with E-state index in [1.54, 1.807) is 27.7 Å². The Balaban J connectivity index is 2.75. The van der Waals surface area contributed by atoms with Crippen LogP contribution in [0.15, 0.2) is 12.1 Å². The van der Waals surface area contributed by atoms with Crippen LogP contribution in [0.3, 0.4) is 0 Å². The molecule has 0 radical (unpaired) electrons. The summed E-state index contributed by atoms with van der Waals surface area (Å²) in [5.41, 5.74) is -1.82. The smallest absolute Gasteiger partial charge is 0.407 e. The number of alkyl carbamates (subject to hydrolysis) is 1. The number of benzene rings is 1. The molecule has 0 aliphatic heterocycles. The van der Waals surface area contributed by atoms with Crippen molar-refractivity contribution < 1.29 is 23.2 Å². The Labute approximate surface area is 132 Å². The maximum absolute atomic E-state index is 13.8. The molecule has 0 aliphatic rings. The minimum atomic E-state index is -1.34. The van der Waals surface area contributed by atoms with Crippen LogP contribution in [-0.4, -0.2) is 29.2 Å². The van der Waals surface area contributed by atoms with E-state index >= 15 is 0 Å². The van der Waals surface area contributed by atoms with Crippen LogP contribution in [0.5, 0.6) is 0 Å². The average Bonchev–Trinajstić information content (AvgIpc) is 2.39. The lowest BCUT2D eigenvalue weighted by Crippen LogP contribution is -2.38. The van der Waals surface area contributed by atoms with Crippen LogP contribution in [0, 0.1) is 21.7 Å². The van der Waals surface area contributed by atoms with Gasteiger partial charge in [-0.05, 0) is 33.8 Å². The summed E-state index contributed by atoms with van der Waals surface area (Å²) in [4.78, 5) is 21.6. The number of halogens is 2. The van der Waals surface area contributed by atoms with Crippen LogP contribution >= 0.6 is 0 Å². The van der Waals surface area contributed by atoms with Gasteiger partial charge in [-0.3, -0.25) is 10.1 Å². The number of nitrogens with zero attached hydrogens (tertiary/aromatic N) is 1. The number of carbonyl (C=O) groups is 1. The van der Waals surface area contributed by atoms with Crippen LogP contribution < -0.4 is 10.6 Å². The molecule has 0 bridgehead atoms. The first-order chi connectivity index (χ1) is 10.5. The summed E-state index contributed by atoms with van der Waals surface area (Å²) in [6.45, 7) is 6.63. The van der Waals surface area contributed by atoms with Gasteiger partial charge >= 0.3 is 6.09 Å². The average molecular weight is 331 g/mol. The number of amides is 1. The first-order valence-electron chi connectivity index (χ1n) is 6.87. The van der Waals surface area contributed by atoms with Gasteiger partial charge in [0.05, 0.1) is 4.92 Å². The fourth-order valence-corrected chi connectivity index (χ4v) is 1.68. The summed E-state index contributed by atoms with van der Waals surface area (Å²) in [7, 11) is 0. The van der Waals surface area contributed by atoms with Crippen LogP contribution in [0.1, 0.15) is 27.7 Å². The lowest BCUT2D eigenvalue weighted by molar-refractivity contribution is -0.384. The zero-order valence-electron chi connectivity index (χ0n) is 13.3. The lowest BCUT2D eigenvalue weighted by Gasteiger charge is -2.21. The van der Waals surface area contributed by atoms with Crippen molar-refractivity contribution in [3.05, 3.63) is 33.9 Å². The first kappa shape index (κ1) is 18.6. The Morgan fingerprint density at radius 1 is 1.39 bits per heavy atom. The summed E-state index contributed by atoms with van der Waals surface area (Å²) in [6, 6.07) is 0.953. The van der Waals surface area contributed by atoms with E-state index in [2.05, 4.69) is 10.6 Å². The third kappa shape index (κ3) is 5.68. The van der Waals surface area contributed by atoms with Gasteiger partial charge in [-0.25, -0.2) is 13.6 Å². The van der Waals surface area contributed by atoms with Crippen LogP contribution in [-0.2, 0) is 4.74 Å². The zero-order chi connectivity index (χ0) is 17.8. The molecule has 1 amide bonds. The summed E-state index contributed by atoms with van der Waals surface area (Å²) < 4.78 is 32.0. The normalized spacial score (nSPS) is 12.4. The highest BCUT2D eigenvalue weighted by atomic mass is 19.2. The molecular formula is C14H19F2N3O4. The second-order valence-corrected chi connectivity index (χ2v) is 5.94. The summed E-state index contributed by atoms with van der Waals surface area (Å²) in [6.07, 6.45) is -0.680. The molecule has 1 unspecified atom stereocenters. The molecule has 0 spiro atoms. The maximum atomic E-state index is 13.8. The lowest BCUT2D eigenvalue weighted by atomic mass is 10.2. The molecule has 1 aromatic carbocycles. The SMILES string of the molecule is CC(CNC(=O)OC(C)(C)C)Nc1c([N+](=O)[O-])ccc(F)c1F. The molecule has 7 nitrogen and oxygen atoms in total. The predicted molar refractivity (Wildman–Crippen MR) is 80.3 cm³/mol. The number of hydrogen-bond donors (Lipinski definition) is 2. The molecular weight excluding hydrogens is 312 g/mol. The topological polar surface area (TPSA) is 93.5 Å². The summed E-state index contributed by atoms with van der Waals surface area (Å²) >= 11 is 0. The van der Waals surface area contributed by atoms with Crippen molar-refractivity contribution in [2.24, 2.45) is 0 Å². The van der Waals surface area contributed by atoms with Crippen LogP contribution in [0.4, 0.5) is 25.0 Å². The fraction of sp³-hybridized carbons (Fsp3) is 0.500. The van der Waals surface area contributed by atoms with E-state index < -0.39 is 45.7 Å². The fourth-order valence-electron chi connectivity index (χ4n) is 1.68. The number of rotatable bonds is 5. The summed E-state index contributed by atoms with van der Waals surface area (Å²) in [5.74, 6) is -2.55. The molecule has 128 valence electrons. The zero-order valence-corrected chi connectivity index (χ0v) is 13.3. The Hall–Kier alpha value is -2.45. The molecule has 0 aromatic heterocycles. The third-order valence-corrected chi connectivity index (χ3v) is 2.61. The van der Waals surface area contributed by atoms with E-state index in [0.717, 1.165) is 6.07 Å². The van der Waals surface area contributed by atoms with E-state index in [1.165, 1.54) is 0 Å². The van der Waals surface area contributed by atoms with Gasteiger partial charge in [0.15, 0.2) is 17.3 Å². The molecule has 0 aliphatic carbocycles. The van der Waals surface area contributed by atoms with Gasteiger partial charge in [0, 0.05) is 18.7 Å². The molecule has 1 aromatic rings. The minimum absolute atomic E-state index is 0.00200. The molecule has 2 N–H and O–H groups in total. The van der Waals surface area contributed by atoms with E-state index in [-0.39, 0.29) is 6.54 Å². The van der Waals surface area contributed by atoms with E-state index in [4.69, 9.17) is 4.74 Å². The standard InChI is InChI=1S/C14H19F2N3O4/c1-8(7-17-13(20)23-14(2,3)4)18-12-10(19(21)22)6-5-9(15)11(12)16/h5-6,8,18H,7H2,1-4H3,(H,17,20). The van der Waals surface area contributed by atoms with Crippen molar-refractivity contribution >= 4 is 17.5 Å². The van der Waals surface area contributed by atoms with Crippen LogP contribution in [0.25, 0.3) is 0 Å². The Morgan fingerprint density at radius 2 is 2.00 bits per heavy atom. The number of hydrogen-bond acceptors (Lipinski definition) is 5. The van der Waals surface area contributed by atoms with E-state index in [0.29, 0.717) is 6.07 Å². The van der Waals surface area contributed by atoms with Gasteiger partial charge in [-0.1, -0.05) is 0 Å². The maximum Gasteiger partial charge on any atom is 0.407 e. The quantitative estimate of drug-likeness (QED) is 0.638. The molecule has 1 atom stereocenters.